The Kier molecular flexibility index (Phi) is 7.62. The summed E-state index contributed by atoms with van der Waals surface area (Å²) >= 11 is 1.57. The van der Waals surface area contributed by atoms with Crippen LogP contribution < -0.4 is 10.1 Å². The summed E-state index contributed by atoms with van der Waals surface area (Å²) in [6.07, 6.45) is 9.15. The van der Waals surface area contributed by atoms with Crippen molar-refractivity contribution >= 4 is 33.1 Å². The first kappa shape index (κ1) is 20.1. The largest absolute Gasteiger partial charge is 0.494 e. The van der Waals surface area contributed by atoms with Gasteiger partial charge >= 0.3 is 0 Å². The van der Waals surface area contributed by atoms with Crippen LogP contribution in [0.25, 0.3) is 10.2 Å². The SMILES string of the molecule is CC=CCCCCCOc1cccc(CC(=O)Nc2ccc3ncsc3c2)c1. The molecule has 0 saturated heterocycles. The molecule has 4 nitrogen and oxygen atoms in total. The minimum atomic E-state index is -0.0370. The van der Waals surface area contributed by atoms with Gasteiger partial charge in [0.15, 0.2) is 0 Å². The summed E-state index contributed by atoms with van der Waals surface area (Å²) in [4.78, 5) is 16.6. The van der Waals surface area contributed by atoms with Gasteiger partial charge in [-0.15, -0.1) is 11.3 Å². The minimum absolute atomic E-state index is 0.0370. The van der Waals surface area contributed by atoms with E-state index >= 15 is 0 Å². The molecular formula is C23H26N2O2S. The van der Waals surface area contributed by atoms with Gasteiger partial charge in [-0.1, -0.05) is 24.3 Å². The van der Waals surface area contributed by atoms with Gasteiger partial charge in [-0.25, -0.2) is 4.98 Å². The number of nitrogens with zero attached hydrogens (tertiary/aromatic N) is 1. The fraction of sp³-hybridized carbons (Fsp3) is 0.304. The van der Waals surface area contributed by atoms with Gasteiger partial charge in [0.2, 0.25) is 5.91 Å². The van der Waals surface area contributed by atoms with Crippen LogP contribution in [0.3, 0.4) is 0 Å². The number of benzene rings is 2. The van der Waals surface area contributed by atoms with Crippen molar-refractivity contribution in [3.8, 4) is 5.75 Å². The molecular weight excluding hydrogens is 368 g/mol. The number of fused-ring (bicyclic) bond motifs is 1. The number of thiazole rings is 1. The summed E-state index contributed by atoms with van der Waals surface area (Å²) in [5.74, 6) is 0.787. The molecule has 5 heteroatoms. The summed E-state index contributed by atoms with van der Waals surface area (Å²) in [6.45, 7) is 2.76. The Balaban J connectivity index is 1.46. The Hall–Kier alpha value is -2.66. The zero-order valence-electron chi connectivity index (χ0n) is 16.2. The Morgan fingerprint density at radius 3 is 3.00 bits per heavy atom. The van der Waals surface area contributed by atoms with Crippen LogP contribution in [-0.4, -0.2) is 17.5 Å². The predicted molar refractivity (Wildman–Crippen MR) is 117 cm³/mol. The fourth-order valence-electron chi connectivity index (χ4n) is 2.97. The third-order valence-corrected chi connectivity index (χ3v) is 5.19. The van der Waals surface area contributed by atoms with Gasteiger partial charge in [-0.05, 0) is 68.5 Å². The summed E-state index contributed by atoms with van der Waals surface area (Å²) in [7, 11) is 0. The topological polar surface area (TPSA) is 51.2 Å². The van der Waals surface area contributed by atoms with E-state index in [9.17, 15) is 4.79 Å². The Bertz CT molecular complexity index is 933. The van der Waals surface area contributed by atoms with Crippen molar-refractivity contribution in [1.82, 2.24) is 4.98 Å². The molecule has 0 aliphatic carbocycles. The second-order valence-electron chi connectivity index (χ2n) is 6.67. The first-order valence-corrected chi connectivity index (χ1v) is 10.6. The van der Waals surface area contributed by atoms with Gasteiger partial charge in [-0.2, -0.15) is 0 Å². The Morgan fingerprint density at radius 2 is 2.11 bits per heavy atom. The molecule has 0 radical (unpaired) electrons. The number of nitrogens with one attached hydrogen (secondary N) is 1. The molecule has 0 fully saturated rings. The molecule has 0 saturated carbocycles. The van der Waals surface area contributed by atoms with E-state index in [1.54, 1.807) is 11.3 Å². The average molecular weight is 395 g/mol. The lowest BCUT2D eigenvalue weighted by molar-refractivity contribution is -0.115. The number of amides is 1. The van der Waals surface area contributed by atoms with Gasteiger partial charge in [0, 0.05) is 5.69 Å². The van der Waals surface area contributed by atoms with E-state index in [0.717, 1.165) is 46.5 Å². The number of carbonyl (C=O) groups excluding carboxylic acids is 1. The van der Waals surface area contributed by atoms with Gasteiger partial charge < -0.3 is 10.1 Å². The summed E-state index contributed by atoms with van der Waals surface area (Å²) < 4.78 is 6.91. The molecule has 0 unspecified atom stereocenters. The van der Waals surface area contributed by atoms with Crippen LogP contribution in [-0.2, 0) is 11.2 Å². The van der Waals surface area contributed by atoms with Gasteiger partial charge in [0.05, 0.1) is 28.8 Å². The van der Waals surface area contributed by atoms with Crippen molar-refractivity contribution in [2.24, 2.45) is 0 Å². The number of aromatic nitrogens is 1. The van der Waals surface area contributed by atoms with Crippen molar-refractivity contribution in [1.29, 1.82) is 0 Å². The zero-order chi connectivity index (χ0) is 19.6. The molecule has 3 aromatic rings. The molecule has 1 heterocycles. The highest BCUT2D eigenvalue weighted by Crippen LogP contribution is 2.22. The lowest BCUT2D eigenvalue weighted by atomic mass is 10.1. The maximum absolute atomic E-state index is 12.4. The van der Waals surface area contributed by atoms with Crippen molar-refractivity contribution in [2.45, 2.75) is 39.0 Å². The monoisotopic (exact) mass is 394 g/mol. The second kappa shape index (κ2) is 10.6. The van der Waals surface area contributed by atoms with Gasteiger partial charge in [-0.3, -0.25) is 4.79 Å². The Morgan fingerprint density at radius 1 is 1.18 bits per heavy atom. The van der Waals surface area contributed by atoms with E-state index in [4.69, 9.17) is 4.74 Å². The van der Waals surface area contributed by atoms with Crippen LogP contribution in [0.15, 0.2) is 60.1 Å². The van der Waals surface area contributed by atoms with Gasteiger partial charge in [0.1, 0.15) is 5.75 Å². The molecule has 1 N–H and O–H groups in total. The number of hydrogen-bond donors (Lipinski definition) is 1. The molecule has 0 bridgehead atoms. The van der Waals surface area contributed by atoms with Crippen molar-refractivity contribution in [3.05, 3.63) is 65.7 Å². The first-order valence-electron chi connectivity index (χ1n) is 9.70. The molecule has 2 aromatic carbocycles. The normalized spacial score (nSPS) is 11.2. The quantitative estimate of drug-likeness (QED) is 0.339. The standard InChI is InChI=1S/C23H26N2O2S/c1-2-3-4-5-6-7-13-27-20-10-8-9-18(14-20)15-23(26)25-19-11-12-21-22(16-19)28-17-24-21/h2-3,8-12,14,16-17H,4-7,13,15H2,1H3,(H,25,26). The number of ether oxygens (including phenoxy) is 1. The third kappa shape index (κ3) is 6.20. The summed E-state index contributed by atoms with van der Waals surface area (Å²) in [5.41, 5.74) is 4.51. The molecule has 1 aromatic heterocycles. The zero-order valence-corrected chi connectivity index (χ0v) is 17.0. The van der Waals surface area contributed by atoms with Crippen molar-refractivity contribution < 1.29 is 9.53 Å². The van der Waals surface area contributed by atoms with E-state index in [0.29, 0.717) is 13.0 Å². The lowest BCUT2D eigenvalue weighted by Crippen LogP contribution is -2.14. The van der Waals surface area contributed by atoms with Crippen LogP contribution in [0.1, 0.15) is 38.2 Å². The number of unbranched alkanes of at least 4 members (excludes halogenated alkanes) is 3. The van der Waals surface area contributed by atoms with Crippen LogP contribution in [0.4, 0.5) is 5.69 Å². The average Bonchev–Trinajstić information content (AvgIpc) is 3.15. The van der Waals surface area contributed by atoms with Crippen LogP contribution >= 0.6 is 11.3 Å². The van der Waals surface area contributed by atoms with Gasteiger partial charge in [0.25, 0.3) is 0 Å². The molecule has 0 atom stereocenters. The second-order valence-corrected chi connectivity index (χ2v) is 7.56. The smallest absolute Gasteiger partial charge is 0.228 e. The number of allylic oxidation sites excluding steroid dienone is 2. The van der Waals surface area contributed by atoms with E-state index < -0.39 is 0 Å². The Labute approximate surface area is 170 Å². The number of carbonyl (C=O) groups is 1. The van der Waals surface area contributed by atoms with Crippen molar-refractivity contribution in [3.63, 3.8) is 0 Å². The number of rotatable bonds is 10. The molecule has 0 aliphatic heterocycles. The maximum Gasteiger partial charge on any atom is 0.228 e. The first-order chi connectivity index (χ1) is 13.7. The molecule has 3 rings (SSSR count). The highest BCUT2D eigenvalue weighted by Gasteiger charge is 2.07. The molecule has 0 spiro atoms. The van der Waals surface area contributed by atoms with E-state index in [1.165, 1.54) is 6.42 Å². The number of anilines is 1. The maximum atomic E-state index is 12.4. The summed E-state index contributed by atoms with van der Waals surface area (Å²) in [6, 6.07) is 13.6. The highest BCUT2D eigenvalue weighted by molar-refractivity contribution is 7.16. The number of hydrogen-bond acceptors (Lipinski definition) is 4. The van der Waals surface area contributed by atoms with Crippen molar-refractivity contribution in [2.75, 3.05) is 11.9 Å². The third-order valence-electron chi connectivity index (χ3n) is 4.40. The molecule has 1 amide bonds. The molecule has 146 valence electrons. The summed E-state index contributed by atoms with van der Waals surface area (Å²) in [5, 5.41) is 2.96. The molecule has 28 heavy (non-hydrogen) atoms. The predicted octanol–water partition coefficient (Wildman–Crippen LogP) is 5.99. The lowest BCUT2D eigenvalue weighted by Gasteiger charge is -2.09. The highest BCUT2D eigenvalue weighted by atomic mass is 32.1. The fourth-order valence-corrected chi connectivity index (χ4v) is 3.68. The van der Waals surface area contributed by atoms with E-state index in [-0.39, 0.29) is 5.91 Å². The molecule has 0 aliphatic rings. The minimum Gasteiger partial charge on any atom is -0.494 e. The van der Waals surface area contributed by atoms with E-state index in [1.807, 2.05) is 48.0 Å². The van der Waals surface area contributed by atoms with E-state index in [2.05, 4.69) is 29.4 Å². The van der Waals surface area contributed by atoms with Crippen LogP contribution in [0.5, 0.6) is 5.75 Å². The van der Waals surface area contributed by atoms with Crippen LogP contribution in [0, 0.1) is 0 Å². The van der Waals surface area contributed by atoms with Crippen LogP contribution in [0.2, 0.25) is 0 Å².